The number of fused-ring (bicyclic) bond motifs is 2. The highest BCUT2D eigenvalue weighted by Gasteiger charge is 2.53. The lowest BCUT2D eigenvalue weighted by Gasteiger charge is -2.36. The van der Waals surface area contributed by atoms with E-state index in [-0.39, 0.29) is 18.4 Å². The molecule has 21 heavy (non-hydrogen) atoms. The van der Waals surface area contributed by atoms with Crippen molar-refractivity contribution in [2.45, 2.75) is 41.8 Å². The Hall–Kier alpha value is -1.52. The number of hydrogen-bond acceptors (Lipinski definition) is 4. The minimum atomic E-state index is -3.27. The van der Waals surface area contributed by atoms with Crippen molar-refractivity contribution in [2.75, 3.05) is 0 Å². The zero-order valence-electron chi connectivity index (χ0n) is 11.0. The third-order valence-electron chi connectivity index (χ3n) is 4.55. The monoisotopic (exact) mass is 313 g/mol. The quantitative estimate of drug-likeness (QED) is 0.857. The van der Waals surface area contributed by atoms with Gasteiger partial charge in [-0.25, -0.2) is 17.2 Å². The Bertz CT molecular complexity index is 734. The number of nitriles is 1. The van der Waals surface area contributed by atoms with E-state index < -0.39 is 43.1 Å². The maximum absolute atomic E-state index is 14.1. The largest absolute Gasteiger partial charge is 0.385 e. The van der Waals surface area contributed by atoms with Crippen LogP contribution in [-0.4, -0.2) is 24.0 Å². The molecule has 4 nitrogen and oxygen atoms in total. The highest BCUT2D eigenvalue weighted by molar-refractivity contribution is 7.93. The molecule has 2 aliphatic heterocycles. The normalized spacial score (nSPS) is 33.6. The molecule has 0 amide bonds. The Labute approximate surface area is 120 Å². The highest BCUT2D eigenvalue weighted by Crippen LogP contribution is 2.48. The van der Waals surface area contributed by atoms with Crippen LogP contribution in [0.15, 0.2) is 12.1 Å². The topological polar surface area (TPSA) is 78.2 Å². The molecular formula is C14H13F2NO3S. The van der Waals surface area contributed by atoms with Crippen LogP contribution in [0.5, 0.6) is 0 Å². The smallest absolute Gasteiger partial charge is 0.156 e. The lowest BCUT2D eigenvalue weighted by molar-refractivity contribution is 0.0136. The Kier molecular flexibility index (Phi) is 3.08. The number of halogens is 2. The first-order valence-corrected chi connectivity index (χ1v) is 8.23. The van der Waals surface area contributed by atoms with E-state index in [0.717, 1.165) is 12.1 Å². The molecule has 0 radical (unpaired) electrons. The van der Waals surface area contributed by atoms with Gasteiger partial charge in [0, 0.05) is 5.56 Å². The van der Waals surface area contributed by atoms with E-state index in [1.165, 1.54) is 6.07 Å². The van der Waals surface area contributed by atoms with Gasteiger partial charge in [0.2, 0.25) is 0 Å². The second-order valence-electron chi connectivity index (χ2n) is 5.77. The van der Waals surface area contributed by atoms with E-state index in [4.69, 9.17) is 5.26 Å². The molecule has 112 valence electrons. The summed E-state index contributed by atoms with van der Waals surface area (Å²) in [6.07, 6.45) is 0.619. The summed E-state index contributed by atoms with van der Waals surface area (Å²) in [4.78, 5) is 0. The molecule has 2 heterocycles. The molecule has 1 aromatic carbocycles. The van der Waals surface area contributed by atoms with Crippen molar-refractivity contribution in [3.05, 3.63) is 34.9 Å². The van der Waals surface area contributed by atoms with E-state index in [9.17, 15) is 22.3 Å². The van der Waals surface area contributed by atoms with Gasteiger partial charge >= 0.3 is 0 Å². The summed E-state index contributed by atoms with van der Waals surface area (Å²) in [5.41, 5.74) is -2.40. The van der Waals surface area contributed by atoms with Crippen LogP contribution in [0.3, 0.4) is 0 Å². The van der Waals surface area contributed by atoms with Crippen LogP contribution < -0.4 is 0 Å². The first kappa shape index (κ1) is 14.4. The van der Waals surface area contributed by atoms with E-state index in [0.29, 0.717) is 12.8 Å². The third kappa shape index (κ3) is 2.05. The summed E-state index contributed by atoms with van der Waals surface area (Å²) in [5.74, 6) is -1.79. The van der Waals surface area contributed by atoms with Gasteiger partial charge in [-0.2, -0.15) is 5.26 Å². The van der Waals surface area contributed by atoms with Crippen molar-refractivity contribution < 1.29 is 22.3 Å². The molecule has 2 unspecified atom stereocenters. The highest BCUT2D eigenvalue weighted by atomic mass is 32.2. The Balaban J connectivity index is 2.06. The summed E-state index contributed by atoms with van der Waals surface area (Å²) in [6, 6.07) is 3.08. The molecule has 0 spiro atoms. The molecule has 2 saturated heterocycles. The van der Waals surface area contributed by atoms with Crippen LogP contribution >= 0.6 is 0 Å². The third-order valence-corrected chi connectivity index (χ3v) is 7.21. The minimum absolute atomic E-state index is 0.131. The molecule has 1 aromatic rings. The average Bonchev–Trinajstić information content (AvgIpc) is 2.61. The van der Waals surface area contributed by atoms with Gasteiger partial charge in [-0.3, -0.25) is 0 Å². The molecule has 2 atom stereocenters. The van der Waals surface area contributed by atoms with E-state index >= 15 is 0 Å². The summed E-state index contributed by atoms with van der Waals surface area (Å²) in [5, 5.41) is 17.9. The number of sulfone groups is 1. The first-order chi connectivity index (χ1) is 9.78. The number of hydrogen-bond donors (Lipinski definition) is 1. The van der Waals surface area contributed by atoms with Crippen molar-refractivity contribution in [3.63, 3.8) is 0 Å². The van der Waals surface area contributed by atoms with Gasteiger partial charge in [0.15, 0.2) is 9.84 Å². The molecule has 1 N–H and O–H groups in total. The fraction of sp³-hybridized carbons (Fsp3) is 0.500. The van der Waals surface area contributed by atoms with Gasteiger partial charge in [0.1, 0.15) is 17.7 Å². The molecule has 2 fully saturated rings. The number of benzene rings is 1. The molecule has 0 aliphatic carbocycles. The van der Waals surface area contributed by atoms with Crippen molar-refractivity contribution >= 4 is 9.84 Å². The van der Waals surface area contributed by atoms with Gasteiger partial charge in [0.05, 0.1) is 21.7 Å². The SMILES string of the molecule is N#Cc1cc(F)c(C2(O)CC3CCC(C2)S3(=O)=O)cc1F. The van der Waals surface area contributed by atoms with Crippen LogP contribution in [-0.2, 0) is 15.4 Å². The zero-order chi connectivity index (χ0) is 15.4. The lowest BCUT2D eigenvalue weighted by Crippen LogP contribution is -2.43. The van der Waals surface area contributed by atoms with Crippen LogP contribution in [0.1, 0.15) is 36.8 Å². The van der Waals surface area contributed by atoms with Gasteiger partial charge in [-0.05, 0) is 37.8 Å². The minimum Gasteiger partial charge on any atom is -0.385 e. The molecule has 2 aliphatic rings. The fourth-order valence-electron chi connectivity index (χ4n) is 3.45. The average molecular weight is 313 g/mol. The summed E-state index contributed by atoms with van der Waals surface area (Å²) >= 11 is 0. The fourth-order valence-corrected chi connectivity index (χ4v) is 5.94. The number of rotatable bonds is 1. The number of aliphatic hydroxyl groups is 1. The van der Waals surface area contributed by atoms with Crippen LogP contribution in [0.2, 0.25) is 0 Å². The maximum atomic E-state index is 14.1. The van der Waals surface area contributed by atoms with E-state index in [1.54, 1.807) is 0 Å². The van der Waals surface area contributed by atoms with E-state index in [1.807, 2.05) is 0 Å². The predicted octanol–water partition coefficient (Wildman–Crippen LogP) is 1.76. The Morgan fingerprint density at radius 2 is 1.76 bits per heavy atom. The lowest BCUT2D eigenvalue weighted by atomic mass is 9.85. The van der Waals surface area contributed by atoms with Crippen molar-refractivity contribution in [1.82, 2.24) is 0 Å². The maximum Gasteiger partial charge on any atom is 0.156 e. The van der Waals surface area contributed by atoms with Crippen molar-refractivity contribution in [2.24, 2.45) is 0 Å². The summed E-state index contributed by atoms with van der Waals surface area (Å²) in [6.45, 7) is 0. The van der Waals surface area contributed by atoms with Gasteiger partial charge in [0.25, 0.3) is 0 Å². The standard InChI is InChI=1S/C14H13F2NO3S/c15-12-4-11(13(16)3-8(12)7-17)14(18)5-9-1-2-10(6-14)21(9,19)20/h3-4,9-10,18H,1-2,5-6H2. The Morgan fingerprint density at radius 1 is 1.19 bits per heavy atom. The molecular weight excluding hydrogens is 300 g/mol. The van der Waals surface area contributed by atoms with Crippen LogP contribution in [0, 0.1) is 23.0 Å². The molecule has 2 bridgehead atoms. The molecule has 0 saturated carbocycles. The van der Waals surface area contributed by atoms with E-state index in [2.05, 4.69) is 0 Å². The molecule has 7 heteroatoms. The molecule has 3 rings (SSSR count). The zero-order valence-corrected chi connectivity index (χ0v) is 11.8. The van der Waals surface area contributed by atoms with Crippen molar-refractivity contribution in [3.8, 4) is 6.07 Å². The van der Waals surface area contributed by atoms with Crippen LogP contribution in [0.25, 0.3) is 0 Å². The summed E-state index contributed by atoms with van der Waals surface area (Å²) in [7, 11) is -3.27. The summed E-state index contributed by atoms with van der Waals surface area (Å²) < 4.78 is 51.8. The predicted molar refractivity (Wildman–Crippen MR) is 69.9 cm³/mol. The van der Waals surface area contributed by atoms with Gasteiger partial charge in [-0.1, -0.05) is 0 Å². The Morgan fingerprint density at radius 3 is 2.29 bits per heavy atom. The van der Waals surface area contributed by atoms with Gasteiger partial charge in [-0.15, -0.1) is 0 Å². The second kappa shape index (κ2) is 4.49. The van der Waals surface area contributed by atoms with Crippen LogP contribution in [0.4, 0.5) is 8.78 Å². The molecule has 0 aromatic heterocycles. The first-order valence-electron chi connectivity index (χ1n) is 6.62. The van der Waals surface area contributed by atoms with Crippen molar-refractivity contribution in [1.29, 1.82) is 5.26 Å². The second-order valence-corrected chi connectivity index (χ2v) is 8.29. The van der Waals surface area contributed by atoms with Gasteiger partial charge < -0.3 is 5.11 Å². The number of nitrogens with zero attached hydrogens (tertiary/aromatic N) is 1.